The first-order valence-corrected chi connectivity index (χ1v) is 6.26. The van der Waals surface area contributed by atoms with Crippen molar-refractivity contribution in [2.24, 2.45) is 0 Å². The van der Waals surface area contributed by atoms with Crippen molar-refractivity contribution in [3.63, 3.8) is 0 Å². The molecule has 1 aliphatic heterocycles. The molecule has 1 atom stereocenters. The highest BCUT2D eigenvalue weighted by Gasteiger charge is 2.35. The van der Waals surface area contributed by atoms with Crippen LogP contribution >= 0.6 is 0 Å². The Labute approximate surface area is 115 Å². The largest absolute Gasteiger partial charge is 0.480 e. The number of rotatable bonds is 5. The molecular weight excluding hydrogens is 268 g/mol. The van der Waals surface area contributed by atoms with Gasteiger partial charge in [-0.1, -0.05) is 6.92 Å². The zero-order chi connectivity index (χ0) is 15.1. The van der Waals surface area contributed by atoms with Gasteiger partial charge in [-0.3, -0.25) is 14.5 Å². The molecule has 1 heterocycles. The lowest BCUT2D eigenvalue weighted by Crippen LogP contribution is -2.61. The van der Waals surface area contributed by atoms with Gasteiger partial charge in [0.25, 0.3) is 0 Å². The van der Waals surface area contributed by atoms with E-state index in [1.165, 1.54) is 0 Å². The summed E-state index contributed by atoms with van der Waals surface area (Å²) in [5.74, 6) is -2.02. The lowest BCUT2D eigenvalue weighted by Gasteiger charge is -2.32. The fraction of sp³-hybridized carbons (Fsp3) is 0.636. The van der Waals surface area contributed by atoms with Crippen LogP contribution in [0.3, 0.4) is 0 Å². The van der Waals surface area contributed by atoms with E-state index in [0.717, 1.165) is 11.3 Å². The zero-order valence-corrected chi connectivity index (χ0v) is 11.1. The topological polar surface area (TPSA) is 128 Å². The van der Waals surface area contributed by atoms with Crippen molar-refractivity contribution in [3.05, 3.63) is 0 Å². The number of hydrogen-bond acceptors (Lipinski definition) is 4. The number of hydrogen-bond donors (Lipinski definition) is 4. The van der Waals surface area contributed by atoms with Crippen LogP contribution in [0, 0.1) is 0 Å². The van der Waals surface area contributed by atoms with Crippen molar-refractivity contribution in [2.45, 2.75) is 19.4 Å². The monoisotopic (exact) mass is 286 g/mol. The molecule has 0 aromatic heterocycles. The van der Waals surface area contributed by atoms with Crippen molar-refractivity contribution in [3.8, 4) is 0 Å². The standard InChI is InChI=1S/C11H18N4O5/c1-2-3-12-8(16)5-14-11(20)15-6-9(17)13-4-7(15)10(18)19/h7H,2-6H2,1H3,(H,12,16)(H,13,17)(H,14,20)(H,18,19). The quantitative estimate of drug-likeness (QED) is 0.469. The van der Waals surface area contributed by atoms with Gasteiger partial charge in [0.1, 0.15) is 12.6 Å². The van der Waals surface area contributed by atoms with E-state index < -0.39 is 23.9 Å². The van der Waals surface area contributed by atoms with Crippen LogP contribution in [0.15, 0.2) is 0 Å². The average Bonchev–Trinajstić information content (AvgIpc) is 2.41. The maximum atomic E-state index is 11.8. The molecule has 0 radical (unpaired) electrons. The van der Waals surface area contributed by atoms with Gasteiger partial charge in [-0.15, -0.1) is 0 Å². The smallest absolute Gasteiger partial charge is 0.328 e. The van der Waals surface area contributed by atoms with Crippen molar-refractivity contribution in [2.75, 3.05) is 26.2 Å². The summed E-state index contributed by atoms with van der Waals surface area (Å²) in [4.78, 5) is 46.3. The van der Waals surface area contributed by atoms with Crippen LogP contribution in [0.1, 0.15) is 13.3 Å². The maximum absolute atomic E-state index is 11.8. The van der Waals surface area contributed by atoms with Gasteiger partial charge in [0.15, 0.2) is 0 Å². The predicted molar refractivity (Wildman–Crippen MR) is 67.8 cm³/mol. The van der Waals surface area contributed by atoms with Crippen LogP contribution in [0.25, 0.3) is 0 Å². The molecular formula is C11H18N4O5. The van der Waals surface area contributed by atoms with E-state index in [4.69, 9.17) is 5.11 Å². The molecule has 112 valence electrons. The maximum Gasteiger partial charge on any atom is 0.328 e. The summed E-state index contributed by atoms with van der Waals surface area (Å²) in [6.45, 7) is 1.63. The number of amides is 4. The van der Waals surface area contributed by atoms with E-state index in [9.17, 15) is 19.2 Å². The van der Waals surface area contributed by atoms with E-state index in [2.05, 4.69) is 16.0 Å². The molecule has 1 saturated heterocycles. The van der Waals surface area contributed by atoms with Crippen molar-refractivity contribution in [1.29, 1.82) is 0 Å². The van der Waals surface area contributed by atoms with Gasteiger partial charge >= 0.3 is 12.0 Å². The van der Waals surface area contributed by atoms with Crippen molar-refractivity contribution >= 4 is 23.8 Å². The molecule has 9 nitrogen and oxygen atoms in total. The number of piperazine rings is 1. The number of carboxylic acids is 1. The molecule has 0 spiro atoms. The van der Waals surface area contributed by atoms with Gasteiger partial charge in [0.2, 0.25) is 11.8 Å². The minimum atomic E-state index is -1.21. The van der Waals surface area contributed by atoms with Crippen LogP contribution in [0.5, 0.6) is 0 Å². The number of urea groups is 1. The summed E-state index contributed by atoms with van der Waals surface area (Å²) < 4.78 is 0. The lowest BCUT2D eigenvalue weighted by atomic mass is 10.2. The molecule has 1 rings (SSSR count). The van der Waals surface area contributed by atoms with Gasteiger partial charge in [0, 0.05) is 13.1 Å². The Morgan fingerprint density at radius 1 is 1.40 bits per heavy atom. The SMILES string of the molecule is CCCNC(=O)CNC(=O)N1CC(=O)NCC1C(=O)O. The van der Waals surface area contributed by atoms with Crippen molar-refractivity contribution in [1.82, 2.24) is 20.9 Å². The Balaban J connectivity index is 2.52. The second-order valence-corrected chi connectivity index (χ2v) is 4.29. The van der Waals surface area contributed by atoms with E-state index in [1.807, 2.05) is 6.92 Å². The number of carboxylic acid groups (broad SMARTS) is 1. The minimum absolute atomic E-state index is 0.149. The molecule has 0 bridgehead atoms. The molecule has 0 aromatic carbocycles. The highest BCUT2D eigenvalue weighted by Crippen LogP contribution is 2.04. The Hall–Kier alpha value is -2.32. The third kappa shape index (κ3) is 4.41. The lowest BCUT2D eigenvalue weighted by molar-refractivity contribution is -0.144. The Morgan fingerprint density at radius 3 is 2.70 bits per heavy atom. The first-order chi connectivity index (χ1) is 9.45. The number of nitrogens with one attached hydrogen (secondary N) is 3. The van der Waals surface area contributed by atoms with Crippen LogP contribution in [0.4, 0.5) is 4.79 Å². The van der Waals surface area contributed by atoms with Crippen LogP contribution in [-0.4, -0.2) is 66.0 Å². The molecule has 1 unspecified atom stereocenters. The van der Waals surface area contributed by atoms with E-state index in [-0.39, 0.29) is 25.5 Å². The van der Waals surface area contributed by atoms with Gasteiger partial charge in [-0.2, -0.15) is 0 Å². The molecule has 4 N–H and O–H groups in total. The molecule has 0 aromatic rings. The van der Waals surface area contributed by atoms with Gasteiger partial charge in [-0.25, -0.2) is 9.59 Å². The summed E-state index contributed by atoms with van der Waals surface area (Å²) in [6, 6.07) is -1.88. The number of carbonyl (C=O) groups is 4. The third-order valence-corrected chi connectivity index (χ3v) is 2.70. The number of carbonyl (C=O) groups excluding carboxylic acids is 3. The first-order valence-electron chi connectivity index (χ1n) is 6.26. The summed E-state index contributed by atoms with van der Waals surface area (Å²) in [5.41, 5.74) is 0. The van der Waals surface area contributed by atoms with Gasteiger partial charge < -0.3 is 21.1 Å². The minimum Gasteiger partial charge on any atom is -0.480 e. The van der Waals surface area contributed by atoms with Crippen LogP contribution in [0.2, 0.25) is 0 Å². The molecule has 1 fully saturated rings. The average molecular weight is 286 g/mol. The molecule has 20 heavy (non-hydrogen) atoms. The molecule has 0 aliphatic carbocycles. The van der Waals surface area contributed by atoms with E-state index in [1.54, 1.807) is 0 Å². The fourth-order valence-corrected chi connectivity index (χ4v) is 1.66. The second kappa shape index (κ2) is 7.31. The highest BCUT2D eigenvalue weighted by atomic mass is 16.4. The molecule has 1 aliphatic rings. The Morgan fingerprint density at radius 2 is 2.10 bits per heavy atom. The Bertz CT molecular complexity index is 412. The molecule has 0 saturated carbocycles. The highest BCUT2D eigenvalue weighted by molar-refractivity contribution is 5.92. The predicted octanol–water partition coefficient (Wildman–Crippen LogP) is -1.89. The van der Waals surface area contributed by atoms with E-state index >= 15 is 0 Å². The van der Waals surface area contributed by atoms with Crippen LogP contribution < -0.4 is 16.0 Å². The number of nitrogens with zero attached hydrogens (tertiary/aromatic N) is 1. The zero-order valence-electron chi connectivity index (χ0n) is 11.1. The second-order valence-electron chi connectivity index (χ2n) is 4.29. The third-order valence-electron chi connectivity index (χ3n) is 2.70. The Kier molecular flexibility index (Phi) is 5.75. The fourth-order valence-electron chi connectivity index (χ4n) is 1.66. The molecule has 4 amide bonds. The van der Waals surface area contributed by atoms with Gasteiger partial charge in [0.05, 0.1) is 6.54 Å². The summed E-state index contributed by atoms with van der Waals surface area (Å²) in [7, 11) is 0. The van der Waals surface area contributed by atoms with Crippen LogP contribution in [-0.2, 0) is 14.4 Å². The van der Waals surface area contributed by atoms with E-state index in [0.29, 0.717) is 6.54 Å². The summed E-state index contributed by atoms with van der Waals surface area (Å²) >= 11 is 0. The summed E-state index contributed by atoms with van der Waals surface area (Å²) in [6.07, 6.45) is 0.771. The normalized spacial score (nSPS) is 18.1. The van der Waals surface area contributed by atoms with Gasteiger partial charge in [-0.05, 0) is 6.42 Å². The number of aliphatic carboxylic acids is 1. The molecule has 9 heteroatoms. The van der Waals surface area contributed by atoms with Crippen molar-refractivity contribution < 1.29 is 24.3 Å². The first kappa shape index (κ1) is 15.7. The summed E-state index contributed by atoms with van der Waals surface area (Å²) in [5, 5.41) is 16.2.